The van der Waals surface area contributed by atoms with Gasteiger partial charge >= 0.3 is 0 Å². The van der Waals surface area contributed by atoms with Gasteiger partial charge in [0.25, 0.3) is 0 Å². The van der Waals surface area contributed by atoms with Crippen molar-refractivity contribution in [1.29, 1.82) is 0 Å². The van der Waals surface area contributed by atoms with Gasteiger partial charge in [-0.15, -0.1) is 0 Å². The lowest BCUT2D eigenvalue weighted by atomic mass is 9.56. The molecule has 2 saturated carbocycles. The number of carbonyl (C=O) groups is 2. The highest BCUT2D eigenvalue weighted by molar-refractivity contribution is 5.99. The smallest absolute Gasteiger partial charge is 0.230 e. The summed E-state index contributed by atoms with van der Waals surface area (Å²) in [5.41, 5.74) is 0.0000926. The molecule has 0 aromatic rings. The summed E-state index contributed by atoms with van der Waals surface area (Å²) in [6, 6.07) is 0. The molecule has 1 spiro atoms. The second kappa shape index (κ2) is 5.50. The summed E-state index contributed by atoms with van der Waals surface area (Å²) < 4.78 is 0. The molecule has 0 aromatic carbocycles. The summed E-state index contributed by atoms with van der Waals surface area (Å²) in [7, 11) is 0. The Kier molecular flexibility index (Phi) is 3.87. The third-order valence-corrected chi connectivity index (χ3v) is 6.27. The summed E-state index contributed by atoms with van der Waals surface area (Å²) in [5.74, 6) is 1.47. The Bertz CT molecular complexity index is 390. The molecule has 1 N–H and O–H groups in total. The highest BCUT2D eigenvalue weighted by Gasteiger charge is 2.52. The van der Waals surface area contributed by atoms with Crippen LogP contribution in [0.3, 0.4) is 0 Å². The Hall–Kier alpha value is -0.860. The van der Waals surface area contributed by atoms with Crippen molar-refractivity contribution in [2.45, 2.75) is 71.1 Å². The van der Waals surface area contributed by atoms with E-state index in [1.54, 1.807) is 0 Å². The van der Waals surface area contributed by atoms with E-state index in [4.69, 9.17) is 0 Å². The van der Waals surface area contributed by atoms with Gasteiger partial charge in [-0.2, -0.15) is 0 Å². The summed E-state index contributed by atoms with van der Waals surface area (Å²) in [5, 5.41) is 2.63. The maximum atomic E-state index is 12.5. The van der Waals surface area contributed by atoms with Crippen LogP contribution in [0.15, 0.2) is 0 Å². The Labute approximate surface area is 121 Å². The van der Waals surface area contributed by atoms with E-state index in [1.165, 1.54) is 44.9 Å². The predicted octanol–water partition coefficient (Wildman–Crippen LogP) is 3.43. The van der Waals surface area contributed by atoms with E-state index in [-0.39, 0.29) is 23.1 Å². The SMILES string of the molecule is CCC1CCC2(CC1)CC(=O)NC(=O)C2C1CCCC1. The van der Waals surface area contributed by atoms with E-state index in [0.717, 1.165) is 18.8 Å². The lowest BCUT2D eigenvalue weighted by Gasteiger charge is -2.49. The van der Waals surface area contributed by atoms with Crippen LogP contribution in [0.4, 0.5) is 0 Å². The van der Waals surface area contributed by atoms with Crippen LogP contribution in [-0.4, -0.2) is 11.8 Å². The van der Waals surface area contributed by atoms with Crippen molar-refractivity contribution in [3.63, 3.8) is 0 Å². The molecule has 0 radical (unpaired) electrons. The monoisotopic (exact) mass is 277 g/mol. The molecule has 3 heteroatoms. The number of hydrogen-bond donors (Lipinski definition) is 1. The zero-order valence-corrected chi connectivity index (χ0v) is 12.6. The van der Waals surface area contributed by atoms with Crippen molar-refractivity contribution in [2.24, 2.45) is 23.2 Å². The molecule has 3 rings (SSSR count). The summed E-state index contributed by atoms with van der Waals surface area (Å²) in [4.78, 5) is 24.4. The standard InChI is InChI=1S/C17H27NO2/c1-2-12-7-9-17(10-8-12)11-14(19)18-16(20)15(17)13-5-3-4-6-13/h12-13,15H,2-11H2,1H3,(H,18,19,20). The molecule has 1 aliphatic heterocycles. The summed E-state index contributed by atoms with van der Waals surface area (Å²) >= 11 is 0. The van der Waals surface area contributed by atoms with E-state index < -0.39 is 0 Å². The summed E-state index contributed by atoms with van der Waals surface area (Å²) in [6.07, 6.45) is 11.3. The van der Waals surface area contributed by atoms with Crippen LogP contribution in [-0.2, 0) is 9.59 Å². The van der Waals surface area contributed by atoms with E-state index in [0.29, 0.717) is 12.3 Å². The Morgan fingerprint density at radius 2 is 1.75 bits per heavy atom. The number of piperidine rings is 1. The Morgan fingerprint density at radius 1 is 1.10 bits per heavy atom. The average molecular weight is 277 g/mol. The molecule has 3 aliphatic rings. The second-order valence-electron chi connectivity index (χ2n) is 7.33. The number of rotatable bonds is 2. The molecule has 20 heavy (non-hydrogen) atoms. The normalized spacial score (nSPS) is 39.2. The van der Waals surface area contributed by atoms with Gasteiger partial charge in [0.2, 0.25) is 11.8 Å². The maximum absolute atomic E-state index is 12.5. The predicted molar refractivity (Wildman–Crippen MR) is 77.9 cm³/mol. The van der Waals surface area contributed by atoms with Crippen molar-refractivity contribution in [2.75, 3.05) is 0 Å². The molecule has 2 amide bonds. The van der Waals surface area contributed by atoms with Crippen molar-refractivity contribution < 1.29 is 9.59 Å². The first-order valence-electron chi connectivity index (χ1n) is 8.48. The van der Waals surface area contributed by atoms with Gasteiger partial charge in [-0.1, -0.05) is 26.2 Å². The molecule has 1 saturated heterocycles. The number of carbonyl (C=O) groups excluding carboxylic acids is 2. The fraction of sp³-hybridized carbons (Fsp3) is 0.882. The van der Waals surface area contributed by atoms with E-state index in [9.17, 15) is 9.59 Å². The molecular weight excluding hydrogens is 250 g/mol. The highest BCUT2D eigenvalue weighted by atomic mass is 16.2. The maximum Gasteiger partial charge on any atom is 0.230 e. The van der Waals surface area contributed by atoms with Gasteiger partial charge in [0.1, 0.15) is 0 Å². The van der Waals surface area contributed by atoms with Gasteiger partial charge in [0.05, 0.1) is 0 Å². The van der Waals surface area contributed by atoms with Crippen molar-refractivity contribution >= 4 is 11.8 Å². The molecule has 112 valence electrons. The molecule has 1 heterocycles. The third-order valence-electron chi connectivity index (χ3n) is 6.27. The van der Waals surface area contributed by atoms with Gasteiger partial charge in [-0.25, -0.2) is 0 Å². The van der Waals surface area contributed by atoms with Crippen molar-refractivity contribution in [3.8, 4) is 0 Å². The van der Waals surface area contributed by atoms with Gasteiger partial charge in [-0.05, 0) is 55.8 Å². The largest absolute Gasteiger partial charge is 0.296 e. The van der Waals surface area contributed by atoms with Gasteiger partial charge in [0, 0.05) is 12.3 Å². The molecule has 3 fully saturated rings. The quantitative estimate of drug-likeness (QED) is 0.786. The van der Waals surface area contributed by atoms with E-state index in [2.05, 4.69) is 12.2 Å². The van der Waals surface area contributed by atoms with Crippen LogP contribution in [0.5, 0.6) is 0 Å². The lowest BCUT2D eigenvalue weighted by Crippen LogP contribution is -2.55. The highest BCUT2D eigenvalue weighted by Crippen LogP contribution is 2.54. The average Bonchev–Trinajstić information content (AvgIpc) is 2.92. The second-order valence-corrected chi connectivity index (χ2v) is 7.33. The minimum absolute atomic E-state index is 0.0000926. The molecular formula is C17H27NO2. The van der Waals surface area contributed by atoms with Crippen LogP contribution < -0.4 is 5.32 Å². The number of hydrogen-bond acceptors (Lipinski definition) is 2. The molecule has 2 aliphatic carbocycles. The molecule has 0 aromatic heterocycles. The number of imide groups is 1. The number of amides is 2. The fourth-order valence-corrected chi connectivity index (χ4v) is 5.12. The van der Waals surface area contributed by atoms with Gasteiger partial charge < -0.3 is 0 Å². The van der Waals surface area contributed by atoms with E-state index in [1.807, 2.05) is 0 Å². The van der Waals surface area contributed by atoms with Crippen LogP contribution in [0.2, 0.25) is 0 Å². The van der Waals surface area contributed by atoms with Crippen LogP contribution >= 0.6 is 0 Å². The molecule has 1 unspecified atom stereocenters. The Morgan fingerprint density at radius 3 is 2.35 bits per heavy atom. The van der Waals surface area contributed by atoms with Crippen LogP contribution in [0, 0.1) is 23.2 Å². The van der Waals surface area contributed by atoms with Crippen molar-refractivity contribution in [3.05, 3.63) is 0 Å². The number of nitrogens with one attached hydrogen (secondary N) is 1. The first kappa shape index (κ1) is 14.1. The molecule has 3 nitrogen and oxygen atoms in total. The lowest BCUT2D eigenvalue weighted by molar-refractivity contribution is -0.149. The van der Waals surface area contributed by atoms with E-state index >= 15 is 0 Å². The van der Waals surface area contributed by atoms with Crippen LogP contribution in [0.25, 0.3) is 0 Å². The minimum Gasteiger partial charge on any atom is -0.296 e. The first-order chi connectivity index (χ1) is 9.64. The van der Waals surface area contributed by atoms with Gasteiger partial charge in [0.15, 0.2) is 0 Å². The third kappa shape index (κ3) is 2.40. The Balaban J connectivity index is 1.83. The molecule has 1 atom stereocenters. The first-order valence-corrected chi connectivity index (χ1v) is 8.48. The molecule has 0 bridgehead atoms. The van der Waals surface area contributed by atoms with Crippen LogP contribution in [0.1, 0.15) is 71.1 Å². The zero-order chi connectivity index (χ0) is 14.2. The topological polar surface area (TPSA) is 46.2 Å². The van der Waals surface area contributed by atoms with Gasteiger partial charge in [-0.3, -0.25) is 14.9 Å². The zero-order valence-electron chi connectivity index (χ0n) is 12.6. The summed E-state index contributed by atoms with van der Waals surface area (Å²) in [6.45, 7) is 2.26. The fourth-order valence-electron chi connectivity index (χ4n) is 5.12. The van der Waals surface area contributed by atoms with Crippen molar-refractivity contribution in [1.82, 2.24) is 5.32 Å². The minimum atomic E-state index is -0.0285.